The zero-order chi connectivity index (χ0) is 26.4. The van der Waals surface area contributed by atoms with Gasteiger partial charge in [0.2, 0.25) is 5.91 Å². The highest BCUT2D eigenvalue weighted by Gasteiger charge is 2.22. The number of carbonyl (C=O) groups excluding carboxylic acids is 1. The second-order valence-corrected chi connectivity index (χ2v) is 8.96. The minimum atomic E-state index is -0.486. The number of hydrogen-bond donors (Lipinski definition) is 1. The van der Waals surface area contributed by atoms with E-state index in [-0.39, 0.29) is 17.3 Å². The van der Waals surface area contributed by atoms with Crippen LogP contribution in [0.2, 0.25) is 0 Å². The predicted octanol–water partition coefficient (Wildman–Crippen LogP) is 5.36. The maximum absolute atomic E-state index is 12.7. The van der Waals surface area contributed by atoms with Crippen LogP contribution < -0.4 is 14.8 Å². The normalized spacial score (nSPS) is 11.5. The van der Waals surface area contributed by atoms with E-state index in [4.69, 9.17) is 9.47 Å². The number of methoxy groups -OCH3 is 1. The van der Waals surface area contributed by atoms with Crippen LogP contribution in [-0.2, 0) is 4.79 Å². The van der Waals surface area contributed by atoms with E-state index in [1.165, 1.54) is 17.8 Å². The fourth-order valence-electron chi connectivity index (χ4n) is 3.63. The van der Waals surface area contributed by atoms with E-state index >= 15 is 0 Å². The molecule has 0 fully saturated rings. The zero-order valence-corrected chi connectivity index (χ0v) is 21.3. The predicted molar refractivity (Wildman–Crippen MR) is 141 cm³/mol. The number of thioether (sulfide) groups is 1. The lowest BCUT2D eigenvalue weighted by atomic mass is 10.2. The number of nitrogens with one attached hydrogen (secondary N) is 1. The summed E-state index contributed by atoms with van der Waals surface area (Å²) >= 11 is 1.20. The van der Waals surface area contributed by atoms with Gasteiger partial charge in [-0.3, -0.25) is 19.5 Å². The van der Waals surface area contributed by atoms with Crippen molar-refractivity contribution >= 4 is 29.0 Å². The largest absolute Gasteiger partial charge is 0.493 e. The molecule has 11 heteroatoms. The summed E-state index contributed by atoms with van der Waals surface area (Å²) in [4.78, 5) is 23.4. The van der Waals surface area contributed by atoms with Gasteiger partial charge in [0.25, 0.3) is 5.69 Å². The number of ether oxygens (including phenoxy) is 2. The summed E-state index contributed by atoms with van der Waals surface area (Å²) in [5, 5.41) is 23.1. The van der Waals surface area contributed by atoms with Crippen LogP contribution >= 0.6 is 11.8 Å². The van der Waals surface area contributed by atoms with Crippen molar-refractivity contribution in [1.82, 2.24) is 14.8 Å². The van der Waals surface area contributed by atoms with Crippen LogP contribution in [0.5, 0.6) is 11.5 Å². The number of para-hydroxylation sites is 3. The lowest BCUT2D eigenvalue weighted by Gasteiger charge is -2.18. The first-order chi connectivity index (χ1) is 17.9. The molecule has 0 spiro atoms. The number of nitro groups is 1. The molecule has 0 aliphatic heterocycles. The molecule has 0 aliphatic carbocycles. The molecule has 0 bridgehead atoms. The number of aromatic nitrogens is 3. The molecule has 10 nitrogen and oxygen atoms in total. The fourth-order valence-corrected chi connectivity index (χ4v) is 4.39. The summed E-state index contributed by atoms with van der Waals surface area (Å²) in [5.74, 6) is 1.41. The van der Waals surface area contributed by atoms with Crippen molar-refractivity contribution in [2.45, 2.75) is 25.1 Å². The number of anilines is 1. The van der Waals surface area contributed by atoms with Crippen molar-refractivity contribution in [1.29, 1.82) is 0 Å². The Balaban J connectivity index is 1.54. The Labute approximate surface area is 217 Å². The van der Waals surface area contributed by atoms with Gasteiger partial charge in [0.05, 0.1) is 17.8 Å². The summed E-state index contributed by atoms with van der Waals surface area (Å²) in [6, 6.07) is 21.5. The summed E-state index contributed by atoms with van der Waals surface area (Å²) in [6.45, 7) is 3.51. The zero-order valence-electron chi connectivity index (χ0n) is 20.5. The van der Waals surface area contributed by atoms with Gasteiger partial charge in [-0.05, 0) is 44.2 Å². The van der Waals surface area contributed by atoms with Crippen molar-refractivity contribution < 1.29 is 19.2 Å². The van der Waals surface area contributed by atoms with E-state index in [0.29, 0.717) is 33.7 Å². The van der Waals surface area contributed by atoms with Gasteiger partial charge < -0.3 is 14.8 Å². The van der Waals surface area contributed by atoms with E-state index in [1.807, 2.05) is 66.1 Å². The van der Waals surface area contributed by atoms with Gasteiger partial charge in [-0.15, -0.1) is 10.2 Å². The first kappa shape index (κ1) is 25.7. The monoisotopic (exact) mass is 519 g/mol. The van der Waals surface area contributed by atoms with E-state index in [1.54, 1.807) is 26.2 Å². The minimum absolute atomic E-state index is 0.0222. The molecule has 37 heavy (non-hydrogen) atoms. The van der Waals surface area contributed by atoms with Gasteiger partial charge in [0.15, 0.2) is 28.6 Å². The Hall–Kier alpha value is -4.38. The lowest BCUT2D eigenvalue weighted by molar-refractivity contribution is -0.385. The van der Waals surface area contributed by atoms with Crippen LogP contribution in [0.15, 0.2) is 78.0 Å². The molecule has 3 aromatic carbocycles. The summed E-state index contributed by atoms with van der Waals surface area (Å²) < 4.78 is 13.4. The van der Waals surface area contributed by atoms with Gasteiger partial charge in [-0.25, -0.2) is 0 Å². The molecular weight excluding hydrogens is 494 g/mol. The highest BCUT2D eigenvalue weighted by atomic mass is 32.2. The number of rotatable bonds is 10. The van der Waals surface area contributed by atoms with Gasteiger partial charge in [0, 0.05) is 23.0 Å². The fraction of sp³-hybridized carbons (Fsp3) is 0.192. The summed E-state index contributed by atoms with van der Waals surface area (Å²) in [6.07, 6.45) is -0.486. The molecule has 1 heterocycles. The Morgan fingerprint density at radius 2 is 1.78 bits per heavy atom. The molecule has 0 radical (unpaired) electrons. The molecule has 1 atom stereocenters. The molecule has 0 aliphatic rings. The second kappa shape index (κ2) is 11.6. The quantitative estimate of drug-likeness (QED) is 0.169. The van der Waals surface area contributed by atoms with Crippen LogP contribution in [0.1, 0.15) is 24.4 Å². The molecule has 0 saturated heterocycles. The number of benzene rings is 3. The average molecular weight is 520 g/mol. The molecule has 190 valence electrons. The van der Waals surface area contributed by atoms with Crippen LogP contribution in [0.25, 0.3) is 5.69 Å². The summed E-state index contributed by atoms with van der Waals surface area (Å²) in [5.41, 5.74) is 1.63. The van der Waals surface area contributed by atoms with Crippen molar-refractivity contribution in [3.05, 3.63) is 94.3 Å². The van der Waals surface area contributed by atoms with Crippen molar-refractivity contribution in [2.24, 2.45) is 0 Å². The maximum atomic E-state index is 12.7. The van der Waals surface area contributed by atoms with Crippen LogP contribution in [0, 0.1) is 17.0 Å². The topological polar surface area (TPSA) is 121 Å². The smallest absolute Gasteiger partial charge is 0.274 e. The molecule has 4 rings (SSSR count). The Kier molecular flexibility index (Phi) is 8.04. The molecule has 1 N–H and O–H groups in total. The van der Waals surface area contributed by atoms with Crippen molar-refractivity contribution in [2.75, 3.05) is 18.2 Å². The van der Waals surface area contributed by atoms with Crippen molar-refractivity contribution in [3.8, 4) is 17.2 Å². The van der Waals surface area contributed by atoms with E-state index in [2.05, 4.69) is 15.5 Å². The molecule has 1 unspecified atom stereocenters. The standard InChI is InChI=1S/C26H25N5O5S/c1-17-13-14-19(15-21(17)31(33)34)27-24(32)16-37-26-29-28-25(30(26)20-9-5-4-6-10-20)18(2)36-23-12-8-7-11-22(23)35-3/h4-15,18H,16H2,1-3H3,(H,27,32). The van der Waals surface area contributed by atoms with Crippen LogP contribution in [0.4, 0.5) is 11.4 Å². The lowest BCUT2D eigenvalue weighted by Crippen LogP contribution is -2.15. The van der Waals surface area contributed by atoms with Gasteiger partial charge in [-0.1, -0.05) is 48.2 Å². The molecule has 1 aromatic heterocycles. The first-order valence-corrected chi connectivity index (χ1v) is 12.3. The number of nitro benzene ring substituents is 1. The van der Waals surface area contributed by atoms with Crippen molar-refractivity contribution in [3.63, 3.8) is 0 Å². The highest BCUT2D eigenvalue weighted by Crippen LogP contribution is 2.32. The maximum Gasteiger partial charge on any atom is 0.274 e. The molecule has 1 amide bonds. The molecule has 0 saturated carbocycles. The molecule has 4 aromatic rings. The third-order valence-electron chi connectivity index (χ3n) is 5.43. The van der Waals surface area contributed by atoms with E-state index in [0.717, 1.165) is 5.69 Å². The average Bonchev–Trinajstić information content (AvgIpc) is 3.33. The Morgan fingerprint density at radius 3 is 2.49 bits per heavy atom. The van der Waals surface area contributed by atoms with Gasteiger partial charge in [-0.2, -0.15) is 0 Å². The first-order valence-electron chi connectivity index (χ1n) is 11.4. The number of hydrogen-bond acceptors (Lipinski definition) is 8. The van der Waals surface area contributed by atoms with Gasteiger partial charge >= 0.3 is 0 Å². The number of aryl methyl sites for hydroxylation is 1. The number of nitrogens with zero attached hydrogens (tertiary/aromatic N) is 4. The summed E-state index contributed by atoms with van der Waals surface area (Å²) in [7, 11) is 1.58. The second-order valence-electron chi connectivity index (χ2n) is 8.02. The Morgan fingerprint density at radius 1 is 1.08 bits per heavy atom. The number of amides is 1. The van der Waals surface area contributed by atoms with Crippen LogP contribution in [-0.4, -0.2) is 38.5 Å². The van der Waals surface area contributed by atoms with Gasteiger partial charge in [0.1, 0.15) is 0 Å². The van der Waals surface area contributed by atoms with Crippen LogP contribution in [0.3, 0.4) is 0 Å². The third-order valence-corrected chi connectivity index (χ3v) is 6.36. The Bertz CT molecular complexity index is 1410. The third kappa shape index (κ3) is 6.07. The number of carbonyl (C=O) groups is 1. The SMILES string of the molecule is COc1ccccc1OC(C)c1nnc(SCC(=O)Nc2ccc(C)c([N+](=O)[O-])c2)n1-c1ccccc1. The van der Waals surface area contributed by atoms with E-state index in [9.17, 15) is 14.9 Å². The molecular formula is C26H25N5O5S. The highest BCUT2D eigenvalue weighted by molar-refractivity contribution is 7.99. The van der Waals surface area contributed by atoms with E-state index < -0.39 is 11.0 Å². The minimum Gasteiger partial charge on any atom is -0.493 e.